The Morgan fingerprint density at radius 3 is 2.52 bits per heavy atom. The van der Waals surface area contributed by atoms with E-state index in [1.807, 2.05) is 31.2 Å². The van der Waals surface area contributed by atoms with Crippen LogP contribution in [0.4, 0.5) is 5.69 Å². The highest BCUT2D eigenvalue weighted by Gasteiger charge is 2.34. The standard InChI is InChI=1S/C21H17N3O3/c1-14-6-8-15(9-7-14)22-18(25)12-23-10-11-24(13-23)19-20(26)16-4-2-3-5-17(16)21(19)27/h2-11,13H,12H2,1H3,(H-,22,25,26,27)/p+1. The number of benzene rings is 2. The molecule has 1 aromatic heterocycles. The Morgan fingerprint density at radius 1 is 1.11 bits per heavy atom. The van der Waals surface area contributed by atoms with Crippen LogP contribution in [0.3, 0.4) is 0 Å². The molecule has 6 nitrogen and oxygen atoms in total. The molecule has 134 valence electrons. The number of fused-ring (bicyclic) bond motifs is 1. The predicted octanol–water partition coefficient (Wildman–Crippen LogP) is 2.80. The molecule has 0 aliphatic heterocycles. The van der Waals surface area contributed by atoms with Crippen molar-refractivity contribution in [2.75, 3.05) is 5.32 Å². The number of amides is 1. The summed E-state index contributed by atoms with van der Waals surface area (Å²) < 4.78 is 3.19. The average molecular weight is 360 g/mol. The Balaban J connectivity index is 1.51. The largest absolute Gasteiger partial charge is 0.503 e. The van der Waals surface area contributed by atoms with E-state index >= 15 is 0 Å². The molecule has 1 aliphatic rings. The molecule has 0 saturated heterocycles. The summed E-state index contributed by atoms with van der Waals surface area (Å²) in [5, 5.41) is 13.3. The molecule has 1 heterocycles. The van der Waals surface area contributed by atoms with Crippen molar-refractivity contribution in [1.82, 2.24) is 4.57 Å². The van der Waals surface area contributed by atoms with Crippen molar-refractivity contribution in [3.8, 4) is 0 Å². The van der Waals surface area contributed by atoms with Crippen LogP contribution in [0.25, 0.3) is 11.5 Å². The van der Waals surface area contributed by atoms with Crippen molar-refractivity contribution < 1.29 is 19.3 Å². The SMILES string of the molecule is Cc1ccc(NC(=O)C[n+]2ccn(C3=C(O)c4ccccc4C3=O)c2)cc1. The summed E-state index contributed by atoms with van der Waals surface area (Å²) in [6.07, 6.45) is 4.95. The monoisotopic (exact) mass is 360 g/mol. The maximum atomic E-state index is 12.6. The zero-order valence-electron chi connectivity index (χ0n) is 14.7. The fourth-order valence-corrected chi connectivity index (χ4v) is 3.11. The lowest BCUT2D eigenvalue weighted by Crippen LogP contribution is -2.38. The Kier molecular flexibility index (Phi) is 4.08. The molecule has 0 fully saturated rings. The van der Waals surface area contributed by atoms with E-state index in [2.05, 4.69) is 5.32 Å². The molecule has 2 N–H and O–H groups in total. The van der Waals surface area contributed by atoms with Gasteiger partial charge >= 0.3 is 0 Å². The number of carbonyl (C=O) groups is 2. The first-order valence-electron chi connectivity index (χ1n) is 8.54. The number of hydrogen-bond donors (Lipinski definition) is 2. The van der Waals surface area contributed by atoms with E-state index in [1.165, 1.54) is 4.57 Å². The highest BCUT2D eigenvalue weighted by Crippen LogP contribution is 2.33. The van der Waals surface area contributed by atoms with Crippen LogP contribution in [0, 0.1) is 6.92 Å². The Morgan fingerprint density at radius 2 is 1.81 bits per heavy atom. The number of hydrogen-bond acceptors (Lipinski definition) is 3. The first kappa shape index (κ1) is 16.8. The summed E-state index contributed by atoms with van der Waals surface area (Å²) in [4.78, 5) is 24.8. The number of aromatic nitrogens is 2. The highest BCUT2D eigenvalue weighted by molar-refractivity contribution is 6.34. The number of allylic oxidation sites excluding steroid dienone is 1. The van der Waals surface area contributed by atoms with Gasteiger partial charge in [0.15, 0.2) is 12.3 Å². The van der Waals surface area contributed by atoms with Gasteiger partial charge in [0, 0.05) is 16.8 Å². The second-order valence-electron chi connectivity index (χ2n) is 6.48. The van der Waals surface area contributed by atoms with Gasteiger partial charge in [-0.15, -0.1) is 0 Å². The Labute approximate surface area is 156 Å². The zero-order valence-corrected chi connectivity index (χ0v) is 14.7. The van der Waals surface area contributed by atoms with Gasteiger partial charge in [-0.3, -0.25) is 9.59 Å². The van der Waals surface area contributed by atoms with Gasteiger partial charge in [-0.2, -0.15) is 4.57 Å². The molecule has 0 bridgehead atoms. The van der Waals surface area contributed by atoms with E-state index in [0.29, 0.717) is 11.1 Å². The number of Topliss-reactive ketones (excluding diaryl/α,β-unsaturated/α-hetero) is 1. The van der Waals surface area contributed by atoms with E-state index in [-0.39, 0.29) is 29.7 Å². The smallest absolute Gasteiger partial charge is 0.266 e. The van der Waals surface area contributed by atoms with Crippen molar-refractivity contribution in [3.63, 3.8) is 0 Å². The molecule has 27 heavy (non-hydrogen) atoms. The fraction of sp³-hybridized carbons (Fsp3) is 0.0952. The van der Waals surface area contributed by atoms with Crippen LogP contribution in [-0.4, -0.2) is 21.4 Å². The third-order valence-corrected chi connectivity index (χ3v) is 4.48. The van der Waals surface area contributed by atoms with Crippen molar-refractivity contribution in [3.05, 3.63) is 83.9 Å². The quantitative estimate of drug-likeness (QED) is 0.703. The summed E-state index contributed by atoms with van der Waals surface area (Å²) in [6.45, 7) is 2.08. The van der Waals surface area contributed by atoms with E-state index in [9.17, 15) is 14.7 Å². The number of aliphatic hydroxyl groups is 1. The third kappa shape index (κ3) is 3.13. The van der Waals surface area contributed by atoms with Gasteiger partial charge in [0.1, 0.15) is 12.4 Å². The number of nitrogens with one attached hydrogen (secondary N) is 1. The van der Waals surface area contributed by atoms with Crippen molar-refractivity contribution in [2.24, 2.45) is 0 Å². The number of aryl methyl sites for hydroxylation is 1. The maximum absolute atomic E-state index is 12.6. The molecule has 2 aromatic carbocycles. The predicted molar refractivity (Wildman–Crippen MR) is 101 cm³/mol. The molecule has 6 heteroatoms. The van der Waals surface area contributed by atoms with Crippen molar-refractivity contribution in [2.45, 2.75) is 13.5 Å². The minimum atomic E-state index is -0.241. The van der Waals surface area contributed by atoms with Gasteiger partial charge in [0.2, 0.25) is 17.8 Å². The minimum Gasteiger partial charge on any atom is -0.503 e. The van der Waals surface area contributed by atoms with Crippen LogP contribution >= 0.6 is 0 Å². The maximum Gasteiger partial charge on any atom is 0.266 e. The van der Waals surface area contributed by atoms with Gasteiger partial charge in [-0.25, -0.2) is 4.57 Å². The number of ketones is 1. The normalized spacial score (nSPS) is 13.0. The van der Waals surface area contributed by atoms with Crippen LogP contribution in [0.1, 0.15) is 21.5 Å². The van der Waals surface area contributed by atoms with E-state index in [0.717, 1.165) is 11.3 Å². The van der Waals surface area contributed by atoms with Gasteiger partial charge in [0.25, 0.3) is 5.91 Å². The highest BCUT2D eigenvalue weighted by atomic mass is 16.3. The van der Waals surface area contributed by atoms with Gasteiger partial charge in [-0.1, -0.05) is 42.0 Å². The molecule has 0 atom stereocenters. The summed E-state index contributed by atoms with van der Waals surface area (Å²) in [5.41, 5.74) is 3.04. The lowest BCUT2D eigenvalue weighted by Gasteiger charge is -2.03. The van der Waals surface area contributed by atoms with Gasteiger partial charge in [-0.05, 0) is 19.1 Å². The molecule has 0 radical (unpaired) electrons. The van der Waals surface area contributed by atoms with E-state index in [1.54, 1.807) is 47.6 Å². The number of imidazole rings is 1. The molecule has 1 amide bonds. The first-order chi connectivity index (χ1) is 13.0. The molecule has 4 rings (SSSR count). The number of carbonyl (C=O) groups excluding carboxylic acids is 2. The summed E-state index contributed by atoms with van der Waals surface area (Å²) in [7, 11) is 0. The minimum absolute atomic E-state index is 0.0533. The fourth-order valence-electron chi connectivity index (χ4n) is 3.11. The van der Waals surface area contributed by atoms with Crippen LogP contribution in [0.2, 0.25) is 0 Å². The number of nitrogens with zero attached hydrogens (tertiary/aromatic N) is 2. The third-order valence-electron chi connectivity index (χ3n) is 4.48. The molecule has 1 aliphatic carbocycles. The number of aliphatic hydroxyl groups excluding tert-OH is 1. The Bertz CT molecular complexity index is 1080. The van der Waals surface area contributed by atoms with Gasteiger partial charge in [0.05, 0.1) is 0 Å². The molecular weight excluding hydrogens is 342 g/mol. The molecule has 3 aromatic rings. The van der Waals surface area contributed by atoms with E-state index in [4.69, 9.17) is 0 Å². The second kappa shape index (κ2) is 6.57. The van der Waals surface area contributed by atoms with E-state index < -0.39 is 0 Å². The second-order valence-corrected chi connectivity index (χ2v) is 6.48. The van der Waals surface area contributed by atoms with Crippen LogP contribution in [-0.2, 0) is 11.3 Å². The lowest BCUT2D eigenvalue weighted by molar-refractivity contribution is -0.683. The molecular formula is C21H18N3O3+. The van der Waals surface area contributed by atoms with Crippen LogP contribution in [0.5, 0.6) is 0 Å². The summed E-state index contributed by atoms with van der Waals surface area (Å²) in [6, 6.07) is 14.5. The summed E-state index contributed by atoms with van der Waals surface area (Å²) in [5.74, 6) is -0.474. The zero-order chi connectivity index (χ0) is 19.0. The number of anilines is 1. The topological polar surface area (TPSA) is 75.2 Å². The first-order valence-corrected chi connectivity index (χ1v) is 8.54. The number of rotatable bonds is 4. The molecule has 0 saturated carbocycles. The van der Waals surface area contributed by atoms with Gasteiger partial charge < -0.3 is 10.4 Å². The van der Waals surface area contributed by atoms with Crippen molar-refractivity contribution in [1.29, 1.82) is 0 Å². The average Bonchev–Trinajstić information content (AvgIpc) is 3.20. The lowest BCUT2D eigenvalue weighted by atomic mass is 10.1. The van der Waals surface area contributed by atoms with Crippen molar-refractivity contribution >= 4 is 28.8 Å². The Hall–Kier alpha value is -3.67. The molecule has 0 spiro atoms. The van der Waals surface area contributed by atoms with Crippen LogP contribution in [0.15, 0.2) is 67.3 Å². The summed E-state index contributed by atoms with van der Waals surface area (Å²) >= 11 is 0. The van der Waals surface area contributed by atoms with Crippen LogP contribution < -0.4 is 9.88 Å². The molecule has 0 unspecified atom stereocenters.